The minimum Gasteiger partial charge on any atom is -0.496 e. The minimum atomic E-state index is -0.871. The molecular weight excluding hydrogens is 356 g/mol. The molecule has 5 nitrogen and oxygen atoms in total. The summed E-state index contributed by atoms with van der Waals surface area (Å²) in [5.74, 6) is -1.89. The normalized spacial score (nSPS) is 10.5. The first-order valence-electron chi connectivity index (χ1n) is 7.84. The van der Waals surface area contributed by atoms with Crippen molar-refractivity contribution >= 4 is 11.5 Å². The summed E-state index contributed by atoms with van der Waals surface area (Å²) < 4.78 is 33.4. The molecule has 7 heteroatoms. The van der Waals surface area contributed by atoms with Gasteiger partial charge in [0, 0.05) is 17.7 Å². The van der Waals surface area contributed by atoms with Crippen molar-refractivity contribution in [2.24, 2.45) is 0 Å². The SMILES string of the molecule is COc1ccc(C(=O)c2ccc(F)cc2)c(F)c1-c1cccc([N+](=O)[O-])c1. The van der Waals surface area contributed by atoms with Crippen LogP contribution in [0.2, 0.25) is 0 Å². The molecule has 3 aromatic carbocycles. The van der Waals surface area contributed by atoms with Gasteiger partial charge in [-0.15, -0.1) is 0 Å². The Morgan fingerprint density at radius 2 is 1.74 bits per heavy atom. The summed E-state index contributed by atoms with van der Waals surface area (Å²) in [6.07, 6.45) is 0. The minimum absolute atomic E-state index is 0.0610. The van der Waals surface area contributed by atoms with Crippen molar-refractivity contribution in [3.05, 3.63) is 93.5 Å². The standard InChI is InChI=1S/C20H13F2NO4/c1-27-17-10-9-16(20(24)12-5-7-14(21)8-6-12)19(22)18(17)13-3-2-4-15(11-13)23(25)26/h2-11H,1H3. The average Bonchev–Trinajstić information content (AvgIpc) is 2.67. The van der Waals surface area contributed by atoms with E-state index in [9.17, 15) is 19.3 Å². The van der Waals surface area contributed by atoms with E-state index in [4.69, 9.17) is 4.74 Å². The van der Waals surface area contributed by atoms with Gasteiger partial charge in [-0.3, -0.25) is 14.9 Å². The van der Waals surface area contributed by atoms with Gasteiger partial charge in [0.1, 0.15) is 17.4 Å². The fourth-order valence-corrected chi connectivity index (χ4v) is 2.70. The number of hydrogen-bond donors (Lipinski definition) is 0. The molecule has 3 rings (SSSR count). The van der Waals surface area contributed by atoms with Gasteiger partial charge in [0.25, 0.3) is 5.69 Å². The molecule has 0 fully saturated rings. The number of ketones is 1. The Balaban J connectivity index is 2.16. The zero-order valence-electron chi connectivity index (χ0n) is 14.1. The summed E-state index contributed by atoms with van der Waals surface area (Å²) in [5, 5.41) is 11.0. The summed E-state index contributed by atoms with van der Waals surface area (Å²) in [6, 6.07) is 12.8. The number of carbonyl (C=O) groups excluding carboxylic acids is 1. The monoisotopic (exact) mass is 369 g/mol. The molecule has 27 heavy (non-hydrogen) atoms. The highest BCUT2D eigenvalue weighted by molar-refractivity contribution is 6.10. The van der Waals surface area contributed by atoms with Crippen molar-refractivity contribution in [2.75, 3.05) is 7.11 Å². The molecule has 0 saturated carbocycles. The summed E-state index contributed by atoms with van der Waals surface area (Å²) in [4.78, 5) is 23.0. The Bertz CT molecular complexity index is 1030. The molecule has 0 aliphatic rings. The third-order valence-electron chi connectivity index (χ3n) is 4.02. The topological polar surface area (TPSA) is 69.4 Å². The van der Waals surface area contributed by atoms with Crippen LogP contribution in [0.1, 0.15) is 15.9 Å². The summed E-state index contributed by atoms with van der Waals surface area (Å²) in [7, 11) is 1.33. The number of hydrogen-bond acceptors (Lipinski definition) is 4. The van der Waals surface area contributed by atoms with E-state index in [1.807, 2.05) is 0 Å². The summed E-state index contributed by atoms with van der Waals surface area (Å²) >= 11 is 0. The molecule has 0 heterocycles. The molecule has 0 aromatic heterocycles. The van der Waals surface area contributed by atoms with Crippen LogP contribution in [0.4, 0.5) is 14.5 Å². The molecule has 0 atom stereocenters. The molecule has 0 radical (unpaired) electrons. The molecule has 0 bridgehead atoms. The van der Waals surface area contributed by atoms with Gasteiger partial charge in [-0.25, -0.2) is 8.78 Å². The van der Waals surface area contributed by atoms with E-state index < -0.39 is 22.3 Å². The maximum Gasteiger partial charge on any atom is 0.270 e. The number of rotatable bonds is 5. The highest BCUT2D eigenvalue weighted by atomic mass is 19.1. The molecule has 0 aliphatic carbocycles. The van der Waals surface area contributed by atoms with Crippen LogP contribution in [-0.4, -0.2) is 17.8 Å². The predicted molar refractivity (Wildman–Crippen MR) is 94.9 cm³/mol. The van der Waals surface area contributed by atoms with Crippen LogP contribution in [0, 0.1) is 21.7 Å². The number of halogens is 2. The predicted octanol–water partition coefficient (Wildman–Crippen LogP) is 4.78. The first-order chi connectivity index (χ1) is 12.9. The Morgan fingerprint density at radius 3 is 2.37 bits per heavy atom. The van der Waals surface area contributed by atoms with E-state index in [0.717, 1.165) is 12.1 Å². The molecule has 136 valence electrons. The van der Waals surface area contributed by atoms with Gasteiger partial charge in [0.15, 0.2) is 5.78 Å². The number of non-ortho nitro benzene ring substituents is 1. The lowest BCUT2D eigenvalue weighted by Gasteiger charge is -2.13. The lowest BCUT2D eigenvalue weighted by atomic mass is 9.96. The number of benzene rings is 3. The van der Waals surface area contributed by atoms with E-state index in [0.29, 0.717) is 0 Å². The van der Waals surface area contributed by atoms with Crippen LogP contribution in [0.5, 0.6) is 5.75 Å². The van der Waals surface area contributed by atoms with Gasteiger partial charge in [0.05, 0.1) is 23.2 Å². The van der Waals surface area contributed by atoms with Crippen LogP contribution < -0.4 is 4.74 Å². The first-order valence-corrected chi connectivity index (χ1v) is 7.84. The van der Waals surface area contributed by atoms with Crippen LogP contribution in [0.15, 0.2) is 60.7 Å². The number of carbonyl (C=O) groups is 1. The molecule has 0 N–H and O–H groups in total. The van der Waals surface area contributed by atoms with Gasteiger partial charge < -0.3 is 4.74 Å². The van der Waals surface area contributed by atoms with E-state index in [2.05, 4.69) is 0 Å². The van der Waals surface area contributed by atoms with E-state index >= 15 is 4.39 Å². The number of methoxy groups -OCH3 is 1. The fraction of sp³-hybridized carbons (Fsp3) is 0.0500. The first kappa shape index (κ1) is 18.2. The molecule has 0 saturated heterocycles. The third kappa shape index (κ3) is 3.52. The molecular formula is C20H13F2NO4. The van der Waals surface area contributed by atoms with E-state index in [-0.39, 0.29) is 33.7 Å². The Kier molecular flexibility index (Phi) is 4.94. The zero-order valence-corrected chi connectivity index (χ0v) is 14.1. The Hall–Kier alpha value is -3.61. The maximum atomic E-state index is 15.2. The van der Waals surface area contributed by atoms with Crippen molar-refractivity contribution in [3.63, 3.8) is 0 Å². The second-order valence-corrected chi connectivity index (χ2v) is 5.65. The van der Waals surface area contributed by atoms with Gasteiger partial charge in [-0.2, -0.15) is 0 Å². The van der Waals surface area contributed by atoms with Crippen LogP contribution in [-0.2, 0) is 0 Å². The number of nitrogens with zero attached hydrogens (tertiary/aromatic N) is 1. The third-order valence-corrected chi connectivity index (χ3v) is 4.02. The van der Waals surface area contributed by atoms with E-state index in [1.165, 1.54) is 55.6 Å². The lowest BCUT2D eigenvalue weighted by molar-refractivity contribution is -0.384. The second-order valence-electron chi connectivity index (χ2n) is 5.65. The van der Waals surface area contributed by atoms with Gasteiger partial charge in [0.2, 0.25) is 0 Å². The highest BCUT2D eigenvalue weighted by Crippen LogP contribution is 2.36. The molecule has 0 spiro atoms. The Morgan fingerprint density at radius 1 is 1.04 bits per heavy atom. The maximum absolute atomic E-state index is 15.2. The van der Waals surface area contributed by atoms with Crippen LogP contribution >= 0.6 is 0 Å². The fourth-order valence-electron chi connectivity index (χ4n) is 2.70. The average molecular weight is 369 g/mol. The number of nitro groups is 1. The summed E-state index contributed by atoms with van der Waals surface area (Å²) in [5.41, 5.74) is -0.208. The van der Waals surface area contributed by atoms with Crippen molar-refractivity contribution in [1.82, 2.24) is 0 Å². The quantitative estimate of drug-likeness (QED) is 0.369. The molecule has 3 aromatic rings. The van der Waals surface area contributed by atoms with Crippen molar-refractivity contribution in [2.45, 2.75) is 0 Å². The molecule has 0 unspecified atom stereocenters. The van der Waals surface area contributed by atoms with Crippen LogP contribution in [0.25, 0.3) is 11.1 Å². The zero-order chi connectivity index (χ0) is 19.6. The van der Waals surface area contributed by atoms with Crippen molar-refractivity contribution < 1.29 is 23.2 Å². The smallest absolute Gasteiger partial charge is 0.270 e. The Labute approximate surface area is 153 Å². The van der Waals surface area contributed by atoms with E-state index in [1.54, 1.807) is 0 Å². The number of ether oxygens (including phenoxy) is 1. The van der Waals surface area contributed by atoms with Crippen molar-refractivity contribution in [1.29, 1.82) is 0 Å². The molecule has 0 amide bonds. The second kappa shape index (κ2) is 7.33. The molecule has 0 aliphatic heterocycles. The van der Waals surface area contributed by atoms with Gasteiger partial charge in [-0.1, -0.05) is 12.1 Å². The van der Waals surface area contributed by atoms with Gasteiger partial charge >= 0.3 is 0 Å². The van der Waals surface area contributed by atoms with Gasteiger partial charge in [-0.05, 0) is 42.0 Å². The van der Waals surface area contributed by atoms with Crippen LogP contribution in [0.3, 0.4) is 0 Å². The summed E-state index contributed by atoms with van der Waals surface area (Å²) in [6.45, 7) is 0. The largest absolute Gasteiger partial charge is 0.496 e. The lowest BCUT2D eigenvalue weighted by Crippen LogP contribution is -2.06. The highest BCUT2D eigenvalue weighted by Gasteiger charge is 2.22. The number of nitro benzene ring substituents is 1. The van der Waals surface area contributed by atoms with Crippen molar-refractivity contribution in [3.8, 4) is 16.9 Å².